The summed E-state index contributed by atoms with van der Waals surface area (Å²) in [6.45, 7) is 0. The Morgan fingerprint density at radius 2 is 1.47 bits per heavy atom. The van der Waals surface area contributed by atoms with Gasteiger partial charge in [0.15, 0.2) is 6.10 Å². The van der Waals surface area contributed by atoms with Crippen LogP contribution >= 0.6 is 12.4 Å². The van der Waals surface area contributed by atoms with Crippen molar-refractivity contribution in [3.8, 4) is 0 Å². The van der Waals surface area contributed by atoms with Crippen LogP contribution in [0.4, 0.5) is 26.3 Å². The fourth-order valence-electron chi connectivity index (χ4n) is 1.42. The van der Waals surface area contributed by atoms with Crippen molar-refractivity contribution in [2.24, 2.45) is 5.73 Å². The zero-order chi connectivity index (χ0) is 14.1. The Kier molecular flexibility index (Phi) is 5.66. The molecule has 1 aromatic carbocycles. The Balaban J connectivity index is 0.00000324. The number of rotatable bonds is 2. The number of aliphatic hydroxyl groups excluding tert-OH is 1. The van der Waals surface area contributed by atoms with Gasteiger partial charge in [-0.25, -0.2) is 0 Å². The van der Waals surface area contributed by atoms with E-state index < -0.39 is 35.6 Å². The van der Waals surface area contributed by atoms with Gasteiger partial charge in [0.1, 0.15) is 0 Å². The Morgan fingerprint density at radius 3 is 1.89 bits per heavy atom. The summed E-state index contributed by atoms with van der Waals surface area (Å²) < 4.78 is 74.3. The van der Waals surface area contributed by atoms with Gasteiger partial charge < -0.3 is 10.8 Å². The Morgan fingerprint density at radius 1 is 1.00 bits per heavy atom. The third kappa shape index (κ3) is 4.26. The first-order chi connectivity index (χ1) is 8.05. The molecule has 0 aliphatic carbocycles. The Hall–Kier alpha value is -0.990. The van der Waals surface area contributed by atoms with Gasteiger partial charge in [-0.1, -0.05) is 18.2 Å². The average Bonchev–Trinajstić information content (AvgIpc) is 2.24. The van der Waals surface area contributed by atoms with Crippen LogP contribution in [0, 0.1) is 0 Å². The highest BCUT2D eigenvalue weighted by Crippen LogP contribution is 2.37. The molecule has 0 aliphatic heterocycles. The second kappa shape index (κ2) is 5.98. The summed E-state index contributed by atoms with van der Waals surface area (Å²) in [7, 11) is 0. The molecule has 0 fully saturated rings. The quantitative estimate of drug-likeness (QED) is 0.825. The lowest BCUT2D eigenvalue weighted by Crippen LogP contribution is -2.39. The van der Waals surface area contributed by atoms with E-state index in [1.807, 2.05) is 0 Å². The number of benzene rings is 1. The summed E-state index contributed by atoms with van der Waals surface area (Å²) >= 11 is 0. The normalized spacial score (nSPS) is 15.6. The summed E-state index contributed by atoms with van der Waals surface area (Å²) in [5.41, 5.74) is 2.96. The lowest BCUT2D eigenvalue weighted by atomic mass is 9.96. The van der Waals surface area contributed by atoms with Crippen molar-refractivity contribution in [3.63, 3.8) is 0 Å². The van der Waals surface area contributed by atoms with Crippen LogP contribution in [0.5, 0.6) is 0 Å². The minimum Gasteiger partial charge on any atom is -0.382 e. The van der Waals surface area contributed by atoms with E-state index in [0.717, 1.165) is 18.2 Å². The molecule has 1 aromatic rings. The predicted octanol–water partition coefficient (Wildman–Crippen LogP) is 3.05. The maximum atomic E-state index is 12.6. The van der Waals surface area contributed by atoms with Gasteiger partial charge in [0.05, 0.1) is 11.6 Å². The molecular weight excluding hydrogens is 300 g/mol. The van der Waals surface area contributed by atoms with Crippen LogP contribution in [0.15, 0.2) is 24.3 Å². The van der Waals surface area contributed by atoms with Crippen molar-refractivity contribution in [3.05, 3.63) is 35.4 Å². The molecule has 0 heterocycles. The highest BCUT2D eigenvalue weighted by Gasteiger charge is 2.45. The van der Waals surface area contributed by atoms with Crippen LogP contribution in [-0.2, 0) is 6.18 Å². The van der Waals surface area contributed by atoms with Gasteiger partial charge in [0.2, 0.25) is 0 Å². The number of hydrogen-bond donors (Lipinski definition) is 2. The van der Waals surface area contributed by atoms with E-state index in [0.29, 0.717) is 6.07 Å². The van der Waals surface area contributed by atoms with E-state index in [2.05, 4.69) is 0 Å². The molecule has 0 amide bonds. The van der Waals surface area contributed by atoms with Gasteiger partial charge in [0.25, 0.3) is 0 Å². The lowest BCUT2D eigenvalue weighted by Gasteiger charge is -2.24. The van der Waals surface area contributed by atoms with Crippen molar-refractivity contribution < 1.29 is 31.4 Å². The summed E-state index contributed by atoms with van der Waals surface area (Å²) in [6, 6.07) is 1.37. The zero-order valence-electron chi connectivity index (χ0n) is 9.16. The first-order valence-corrected chi connectivity index (χ1v) is 4.71. The van der Waals surface area contributed by atoms with Crippen molar-refractivity contribution in [1.82, 2.24) is 0 Å². The maximum Gasteiger partial charge on any atom is 0.416 e. The van der Waals surface area contributed by atoms with E-state index in [1.165, 1.54) is 0 Å². The molecule has 1 rings (SSSR count). The van der Waals surface area contributed by atoms with E-state index in [9.17, 15) is 26.3 Å². The zero-order valence-corrected chi connectivity index (χ0v) is 9.98. The number of nitrogens with two attached hydrogens (primary N) is 1. The van der Waals surface area contributed by atoms with Crippen molar-refractivity contribution in [2.45, 2.75) is 24.5 Å². The number of halogens is 7. The van der Waals surface area contributed by atoms with Gasteiger partial charge in [-0.05, 0) is 11.6 Å². The third-order valence-corrected chi connectivity index (χ3v) is 2.30. The highest BCUT2D eigenvalue weighted by atomic mass is 35.5. The minimum absolute atomic E-state index is 0. The molecule has 0 saturated heterocycles. The predicted molar refractivity (Wildman–Crippen MR) is 57.7 cm³/mol. The van der Waals surface area contributed by atoms with Gasteiger partial charge in [-0.3, -0.25) is 0 Å². The monoisotopic (exact) mass is 309 g/mol. The van der Waals surface area contributed by atoms with E-state index in [1.54, 1.807) is 0 Å². The van der Waals surface area contributed by atoms with Gasteiger partial charge in [0, 0.05) is 0 Å². The lowest BCUT2D eigenvalue weighted by molar-refractivity contribution is -0.211. The van der Waals surface area contributed by atoms with E-state index in [-0.39, 0.29) is 12.4 Å². The van der Waals surface area contributed by atoms with Crippen LogP contribution < -0.4 is 5.73 Å². The largest absolute Gasteiger partial charge is 0.416 e. The molecule has 0 bridgehead atoms. The second-order valence-electron chi connectivity index (χ2n) is 3.60. The Labute approximate surface area is 110 Å². The summed E-state index contributed by atoms with van der Waals surface area (Å²) in [4.78, 5) is 0. The van der Waals surface area contributed by atoms with Crippen molar-refractivity contribution >= 4 is 12.4 Å². The fraction of sp³-hybridized carbons (Fsp3) is 0.400. The molecule has 19 heavy (non-hydrogen) atoms. The number of alkyl halides is 6. The molecule has 0 aliphatic rings. The molecule has 3 N–H and O–H groups in total. The molecule has 2 atom stereocenters. The summed E-state index contributed by atoms with van der Waals surface area (Å²) in [6.07, 6.45) is -13.0. The van der Waals surface area contributed by atoms with Crippen LogP contribution in [0.2, 0.25) is 0 Å². The molecule has 0 saturated carbocycles. The highest BCUT2D eigenvalue weighted by molar-refractivity contribution is 5.85. The van der Waals surface area contributed by atoms with Crippen molar-refractivity contribution in [2.75, 3.05) is 0 Å². The molecule has 9 heteroatoms. The van der Waals surface area contributed by atoms with E-state index in [4.69, 9.17) is 10.8 Å². The van der Waals surface area contributed by atoms with Crippen LogP contribution in [0.1, 0.15) is 17.2 Å². The Bertz CT molecular complexity index is 419. The smallest absolute Gasteiger partial charge is 0.382 e. The topological polar surface area (TPSA) is 46.2 Å². The SMILES string of the molecule is Cl.N[C@H](c1ccccc1C(F)(F)F)[C@@H](O)C(F)(F)F. The number of hydrogen-bond acceptors (Lipinski definition) is 2. The molecule has 0 spiro atoms. The minimum atomic E-state index is -5.09. The molecule has 2 nitrogen and oxygen atoms in total. The van der Waals surface area contributed by atoms with Gasteiger partial charge >= 0.3 is 12.4 Å². The number of aliphatic hydroxyl groups is 1. The maximum absolute atomic E-state index is 12.6. The van der Waals surface area contributed by atoms with Gasteiger partial charge in [-0.2, -0.15) is 26.3 Å². The van der Waals surface area contributed by atoms with Crippen LogP contribution in [0.3, 0.4) is 0 Å². The molecule has 110 valence electrons. The molecule has 0 unspecified atom stereocenters. The van der Waals surface area contributed by atoms with Crippen molar-refractivity contribution in [1.29, 1.82) is 0 Å². The third-order valence-electron chi connectivity index (χ3n) is 2.30. The summed E-state index contributed by atoms with van der Waals surface area (Å²) in [5, 5.41) is 8.88. The first kappa shape index (κ1) is 18.0. The van der Waals surface area contributed by atoms with E-state index >= 15 is 0 Å². The second-order valence-corrected chi connectivity index (χ2v) is 3.60. The first-order valence-electron chi connectivity index (χ1n) is 4.71. The molecule has 0 radical (unpaired) electrons. The van der Waals surface area contributed by atoms with Crippen LogP contribution in [0.25, 0.3) is 0 Å². The summed E-state index contributed by atoms with van der Waals surface area (Å²) in [5.74, 6) is 0. The standard InChI is InChI=1S/C10H9F6NO.ClH/c11-9(12,13)6-4-2-1-3-5(6)7(17)8(18)10(14,15)16;/h1-4,7-8,18H,17H2;1H/t7-,8-;/m1./s1. The van der Waals surface area contributed by atoms with Crippen LogP contribution in [-0.4, -0.2) is 17.4 Å². The average molecular weight is 310 g/mol. The molecule has 0 aromatic heterocycles. The molecular formula is C10H10ClF6NO. The fourth-order valence-corrected chi connectivity index (χ4v) is 1.42. The van der Waals surface area contributed by atoms with Gasteiger partial charge in [-0.15, -0.1) is 12.4 Å².